The third kappa shape index (κ3) is 2.03. The summed E-state index contributed by atoms with van der Waals surface area (Å²) in [6.07, 6.45) is 4.43. The number of piperidine rings is 1. The average molecular weight is 247 g/mol. The molecule has 1 N–H and O–H groups in total. The minimum absolute atomic E-state index is 0.571. The first-order valence-corrected chi connectivity index (χ1v) is 7.00. The number of rotatable bonds is 2. The molecule has 2 aromatic rings. The van der Waals surface area contributed by atoms with E-state index in [1.807, 2.05) is 6.20 Å². The largest absolute Gasteiger partial charge is 0.355 e. The van der Waals surface area contributed by atoms with Crippen molar-refractivity contribution in [1.29, 1.82) is 0 Å². The van der Waals surface area contributed by atoms with Crippen LogP contribution in [0.15, 0.2) is 23.7 Å². The fourth-order valence-corrected chi connectivity index (χ4v) is 3.27. The normalized spacial score (nSPS) is 20.6. The molecule has 4 heteroatoms. The SMILES string of the molecule is CN(c1nccc2sccc12)C1CCCNC1. The number of nitrogens with one attached hydrogen (secondary N) is 1. The molecule has 0 saturated carbocycles. The van der Waals surface area contributed by atoms with E-state index in [0.717, 1.165) is 18.9 Å². The maximum absolute atomic E-state index is 4.56. The summed E-state index contributed by atoms with van der Waals surface area (Å²) in [5.41, 5.74) is 0. The first-order valence-electron chi connectivity index (χ1n) is 6.12. The predicted octanol–water partition coefficient (Wildman–Crippen LogP) is 2.48. The Morgan fingerprint density at radius 3 is 3.24 bits per heavy atom. The average Bonchev–Trinajstić information content (AvgIpc) is 2.87. The van der Waals surface area contributed by atoms with E-state index in [9.17, 15) is 0 Å². The standard InChI is InChI=1S/C13H17N3S/c1-16(10-3-2-6-14-9-10)13-11-5-8-17-12(11)4-7-15-13/h4-5,7-8,10,14H,2-3,6,9H2,1H3. The fraction of sp³-hybridized carbons (Fsp3) is 0.462. The number of aromatic nitrogens is 1. The summed E-state index contributed by atoms with van der Waals surface area (Å²) >= 11 is 1.78. The molecule has 0 bridgehead atoms. The zero-order valence-corrected chi connectivity index (χ0v) is 10.8. The summed E-state index contributed by atoms with van der Waals surface area (Å²) in [4.78, 5) is 6.89. The van der Waals surface area contributed by atoms with Crippen molar-refractivity contribution >= 4 is 27.2 Å². The number of hydrogen-bond acceptors (Lipinski definition) is 4. The number of hydrogen-bond donors (Lipinski definition) is 1. The highest BCUT2D eigenvalue weighted by Gasteiger charge is 2.20. The molecule has 1 saturated heterocycles. The van der Waals surface area contributed by atoms with Crippen molar-refractivity contribution in [3.63, 3.8) is 0 Å². The van der Waals surface area contributed by atoms with Crippen LogP contribution in [-0.4, -0.2) is 31.2 Å². The molecule has 1 unspecified atom stereocenters. The molecule has 3 heterocycles. The Kier molecular flexibility index (Phi) is 2.99. The molecule has 3 nitrogen and oxygen atoms in total. The van der Waals surface area contributed by atoms with Gasteiger partial charge in [-0.25, -0.2) is 4.98 Å². The molecule has 1 aliphatic rings. The van der Waals surface area contributed by atoms with Gasteiger partial charge < -0.3 is 10.2 Å². The fourth-order valence-electron chi connectivity index (χ4n) is 2.50. The van der Waals surface area contributed by atoms with Crippen LogP contribution in [0.1, 0.15) is 12.8 Å². The summed E-state index contributed by atoms with van der Waals surface area (Å²) in [5, 5.41) is 6.89. The molecule has 0 amide bonds. The van der Waals surface area contributed by atoms with Crippen LogP contribution in [-0.2, 0) is 0 Å². The van der Waals surface area contributed by atoms with Crippen molar-refractivity contribution in [2.45, 2.75) is 18.9 Å². The summed E-state index contributed by atoms with van der Waals surface area (Å²) in [6.45, 7) is 2.22. The zero-order chi connectivity index (χ0) is 11.7. The monoisotopic (exact) mass is 247 g/mol. The van der Waals surface area contributed by atoms with Gasteiger partial charge in [0.15, 0.2) is 0 Å². The zero-order valence-electron chi connectivity index (χ0n) is 10.0. The van der Waals surface area contributed by atoms with Crippen LogP contribution < -0.4 is 10.2 Å². The maximum atomic E-state index is 4.56. The van der Waals surface area contributed by atoms with Gasteiger partial charge in [-0.3, -0.25) is 0 Å². The Labute approximate surface area is 105 Å². The minimum atomic E-state index is 0.571. The highest BCUT2D eigenvalue weighted by molar-refractivity contribution is 7.17. The van der Waals surface area contributed by atoms with Gasteiger partial charge in [-0.1, -0.05) is 0 Å². The molecule has 3 rings (SSSR count). The van der Waals surface area contributed by atoms with Crippen molar-refractivity contribution in [3.05, 3.63) is 23.7 Å². The summed E-state index contributed by atoms with van der Waals surface area (Å²) in [6, 6.07) is 4.84. The Bertz CT molecular complexity index is 502. The second-order valence-electron chi connectivity index (χ2n) is 4.58. The van der Waals surface area contributed by atoms with Gasteiger partial charge in [0.2, 0.25) is 0 Å². The van der Waals surface area contributed by atoms with E-state index in [2.05, 4.69) is 39.8 Å². The number of pyridine rings is 1. The highest BCUT2D eigenvalue weighted by atomic mass is 32.1. The van der Waals surface area contributed by atoms with Crippen molar-refractivity contribution in [2.24, 2.45) is 0 Å². The second kappa shape index (κ2) is 4.63. The molecule has 17 heavy (non-hydrogen) atoms. The number of nitrogens with zero attached hydrogens (tertiary/aromatic N) is 2. The van der Waals surface area contributed by atoms with Crippen LogP contribution >= 0.6 is 11.3 Å². The Morgan fingerprint density at radius 1 is 1.47 bits per heavy atom. The Balaban J connectivity index is 1.94. The molecule has 1 atom stereocenters. The van der Waals surface area contributed by atoms with E-state index >= 15 is 0 Å². The van der Waals surface area contributed by atoms with E-state index in [-0.39, 0.29) is 0 Å². The molecule has 1 aliphatic heterocycles. The third-order valence-electron chi connectivity index (χ3n) is 3.51. The van der Waals surface area contributed by atoms with Gasteiger partial charge in [0, 0.05) is 35.9 Å². The van der Waals surface area contributed by atoms with Gasteiger partial charge in [0.05, 0.1) is 0 Å². The molecule has 0 aromatic carbocycles. The van der Waals surface area contributed by atoms with E-state index in [4.69, 9.17) is 0 Å². The van der Waals surface area contributed by atoms with Gasteiger partial charge in [-0.15, -0.1) is 11.3 Å². The van der Waals surface area contributed by atoms with Crippen LogP contribution in [0, 0.1) is 0 Å². The van der Waals surface area contributed by atoms with E-state index in [1.165, 1.54) is 22.9 Å². The van der Waals surface area contributed by atoms with Gasteiger partial charge in [-0.05, 0) is 36.9 Å². The molecule has 0 spiro atoms. The van der Waals surface area contributed by atoms with Crippen molar-refractivity contribution in [2.75, 3.05) is 25.0 Å². The van der Waals surface area contributed by atoms with E-state index < -0.39 is 0 Å². The van der Waals surface area contributed by atoms with Crippen LogP contribution in [0.3, 0.4) is 0 Å². The number of anilines is 1. The summed E-state index contributed by atoms with van der Waals surface area (Å²) in [7, 11) is 2.16. The smallest absolute Gasteiger partial charge is 0.137 e. The minimum Gasteiger partial charge on any atom is -0.355 e. The highest BCUT2D eigenvalue weighted by Crippen LogP contribution is 2.29. The number of fused-ring (bicyclic) bond motifs is 1. The first-order chi connectivity index (χ1) is 8.36. The molecule has 0 radical (unpaired) electrons. The lowest BCUT2D eigenvalue weighted by Crippen LogP contribution is -2.44. The lowest BCUT2D eigenvalue weighted by atomic mass is 10.1. The topological polar surface area (TPSA) is 28.2 Å². The molecule has 2 aromatic heterocycles. The summed E-state index contributed by atoms with van der Waals surface area (Å²) < 4.78 is 1.32. The number of likely N-dealkylation sites (N-methyl/N-ethyl adjacent to an activating group) is 1. The van der Waals surface area contributed by atoms with Crippen molar-refractivity contribution in [1.82, 2.24) is 10.3 Å². The Morgan fingerprint density at radius 2 is 2.41 bits per heavy atom. The molecule has 1 fully saturated rings. The van der Waals surface area contributed by atoms with Gasteiger partial charge in [0.1, 0.15) is 5.82 Å². The van der Waals surface area contributed by atoms with Crippen LogP contribution in [0.4, 0.5) is 5.82 Å². The van der Waals surface area contributed by atoms with E-state index in [1.54, 1.807) is 11.3 Å². The van der Waals surface area contributed by atoms with Gasteiger partial charge in [-0.2, -0.15) is 0 Å². The summed E-state index contributed by atoms with van der Waals surface area (Å²) in [5.74, 6) is 1.12. The van der Waals surface area contributed by atoms with Crippen LogP contribution in [0.2, 0.25) is 0 Å². The predicted molar refractivity (Wildman–Crippen MR) is 73.9 cm³/mol. The van der Waals surface area contributed by atoms with Crippen molar-refractivity contribution in [3.8, 4) is 0 Å². The van der Waals surface area contributed by atoms with Crippen LogP contribution in [0.25, 0.3) is 10.1 Å². The third-order valence-corrected chi connectivity index (χ3v) is 4.39. The molecular weight excluding hydrogens is 230 g/mol. The Hall–Kier alpha value is -1.13. The van der Waals surface area contributed by atoms with E-state index in [0.29, 0.717) is 6.04 Å². The van der Waals surface area contributed by atoms with Gasteiger partial charge in [0.25, 0.3) is 0 Å². The van der Waals surface area contributed by atoms with Crippen LogP contribution in [0.5, 0.6) is 0 Å². The van der Waals surface area contributed by atoms with Crippen molar-refractivity contribution < 1.29 is 0 Å². The first kappa shape index (κ1) is 11.0. The maximum Gasteiger partial charge on any atom is 0.137 e. The lowest BCUT2D eigenvalue weighted by Gasteiger charge is -2.32. The number of thiophene rings is 1. The molecule has 0 aliphatic carbocycles. The lowest BCUT2D eigenvalue weighted by molar-refractivity contribution is 0.444. The second-order valence-corrected chi connectivity index (χ2v) is 5.53. The van der Waals surface area contributed by atoms with Gasteiger partial charge >= 0.3 is 0 Å². The molecule has 90 valence electrons. The molecular formula is C13H17N3S. The quantitative estimate of drug-likeness (QED) is 0.883.